The Morgan fingerprint density at radius 3 is 2.51 bits per heavy atom. The van der Waals surface area contributed by atoms with Gasteiger partial charge >= 0.3 is 12.1 Å². The van der Waals surface area contributed by atoms with Crippen LogP contribution in [0.15, 0.2) is 41.9 Å². The maximum Gasteiger partial charge on any atom is 0.406 e. The summed E-state index contributed by atoms with van der Waals surface area (Å²) in [7, 11) is 2.83. The lowest BCUT2D eigenvalue weighted by atomic mass is 9.84. The highest BCUT2D eigenvalue weighted by molar-refractivity contribution is 7.13. The SMILES string of the molecule is CO[C@@H](C)c1ncccc1-c1c2c3cc(ccc3n1CC(F)(F)F)-c1nc(cs1)C[C@H](NC(=O)[C@H](C(C)C)N(C)C(=O)[C@@]1(F)CCN(C(=O)C#CC(C)(C)N3CCC3)C1)C(=O)N1CCC[C@H](N1)C(=O)OCC(C)(C)C2. The van der Waals surface area contributed by atoms with Gasteiger partial charge in [0.05, 0.1) is 41.9 Å². The van der Waals surface area contributed by atoms with Crippen LogP contribution in [0.25, 0.3) is 32.7 Å². The second-order valence-electron chi connectivity index (χ2n) is 21.9. The molecule has 0 radical (unpaired) electrons. The van der Waals surface area contributed by atoms with Gasteiger partial charge in [0.15, 0.2) is 0 Å². The summed E-state index contributed by atoms with van der Waals surface area (Å²) in [5.74, 6) is 1.51. The van der Waals surface area contributed by atoms with Crippen LogP contribution < -0.4 is 10.7 Å². The summed E-state index contributed by atoms with van der Waals surface area (Å²) in [5.41, 5.74) is 2.20. The monoisotopic (exact) mass is 1060 g/mol. The fourth-order valence-electron chi connectivity index (χ4n) is 10.6. The first-order valence-corrected chi connectivity index (χ1v) is 26.4. The minimum Gasteiger partial charge on any atom is -0.464 e. The van der Waals surface area contributed by atoms with Gasteiger partial charge in [-0.15, -0.1) is 11.3 Å². The Morgan fingerprint density at radius 1 is 1.08 bits per heavy atom. The molecule has 4 amide bonds. The van der Waals surface area contributed by atoms with Crippen molar-refractivity contribution in [3.05, 3.63) is 58.9 Å². The van der Waals surface area contributed by atoms with Crippen LogP contribution in [0.4, 0.5) is 17.6 Å². The molecule has 6 bridgehead atoms. The quantitative estimate of drug-likeness (QED) is 0.0990. The van der Waals surface area contributed by atoms with Gasteiger partial charge in [-0.05, 0) is 94.2 Å². The minimum absolute atomic E-state index is 0.0467. The van der Waals surface area contributed by atoms with Gasteiger partial charge in [-0.2, -0.15) is 13.2 Å². The fraction of sp³-hybridized carbons (Fsp3) is 0.574. The van der Waals surface area contributed by atoms with E-state index in [0.29, 0.717) is 62.5 Å². The van der Waals surface area contributed by atoms with Crippen LogP contribution >= 0.6 is 11.3 Å². The van der Waals surface area contributed by atoms with E-state index in [1.54, 1.807) is 62.7 Å². The van der Waals surface area contributed by atoms with E-state index in [-0.39, 0.29) is 39.0 Å². The Balaban J connectivity index is 1.13. The van der Waals surface area contributed by atoms with E-state index in [9.17, 15) is 37.1 Å². The van der Waals surface area contributed by atoms with Crippen LogP contribution in [-0.4, -0.2) is 153 Å². The molecule has 0 saturated carbocycles. The number of amides is 4. The highest BCUT2D eigenvalue weighted by Gasteiger charge is 2.50. The number of esters is 1. The van der Waals surface area contributed by atoms with Crippen molar-refractivity contribution in [1.82, 2.24) is 45.0 Å². The van der Waals surface area contributed by atoms with Gasteiger partial charge in [0.2, 0.25) is 11.6 Å². The summed E-state index contributed by atoms with van der Waals surface area (Å²) in [4.78, 5) is 84.5. The summed E-state index contributed by atoms with van der Waals surface area (Å²) in [5, 5.41) is 6.88. The van der Waals surface area contributed by atoms with Gasteiger partial charge in [0.1, 0.15) is 29.7 Å². The number of ether oxygens (including phenoxy) is 2. The molecule has 0 spiro atoms. The number of benzene rings is 1. The number of nitrogens with zero attached hydrogens (tertiary/aromatic N) is 7. The fourth-order valence-corrected chi connectivity index (χ4v) is 11.4. The standard InChI is InChI=1S/C54H67F4N9O7S/c1-32(2)44(63(8)50(72)53(55)19-24-64(29-53)42(68)17-18-52(6,7)65-21-12-22-65)46(69)61-40-26-35-28-75-47(60-35)34-15-16-41-37(25-34)38(27-51(4,5)31-74-49(71)39-14-11-23-67(62-39)48(40)70)45(66(41)30-54(56,57)58)36-13-10-20-59-43(36)33(3)73-9/h10,13,15-16,20,25,28,32-33,39-40,44,62H,11-12,14,19,21-24,26-27,29-31H2,1-9H3,(H,61,69)/t33-,39-,40-,44-,53+/m0/s1. The predicted molar refractivity (Wildman–Crippen MR) is 274 cm³/mol. The van der Waals surface area contributed by atoms with E-state index < -0.39 is 95.6 Å². The number of pyridine rings is 1. The molecule has 4 aromatic rings. The Morgan fingerprint density at radius 2 is 1.83 bits per heavy atom. The normalized spacial score (nSPS) is 22.4. The molecule has 3 saturated heterocycles. The number of hydrogen-bond acceptors (Lipinski definition) is 12. The van der Waals surface area contributed by atoms with Gasteiger partial charge in [-0.1, -0.05) is 33.6 Å². The van der Waals surface area contributed by atoms with Crippen molar-refractivity contribution >= 4 is 51.8 Å². The van der Waals surface area contributed by atoms with E-state index in [1.165, 1.54) is 40.0 Å². The summed E-state index contributed by atoms with van der Waals surface area (Å²) < 4.78 is 73.8. The third-order valence-electron chi connectivity index (χ3n) is 14.8. The number of thiazole rings is 1. The number of likely N-dealkylation sites (N-methyl/N-ethyl adjacent to an activating group) is 1. The number of halogens is 4. The first-order valence-electron chi connectivity index (χ1n) is 25.5. The number of nitrogens with one attached hydrogen (secondary N) is 2. The average molecular weight is 1060 g/mol. The molecule has 7 heterocycles. The zero-order valence-corrected chi connectivity index (χ0v) is 44.8. The van der Waals surface area contributed by atoms with Crippen molar-refractivity contribution in [1.29, 1.82) is 0 Å². The zero-order chi connectivity index (χ0) is 54.4. The number of rotatable bonds is 10. The molecule has 3 fully saturated rings. The predicted octanol–water partition coefficient (Wildman–Crippen LogP) is 6.66. The zero-order valence-electron chi connectivity index (χ0n) is 44.0. The number of hydrogen-bond donors (Lipinski definition) is 2. The lowest BCUT2D eigenvalue weighted by Crippen LogP contribution is -2.62. The van der Waals surface area contributed by atoms with Gasteiger partial charge in [-0.25, -0.2) is 14.8 Å². The van der Waals surface area contributed by atoms with Crippen LogP contribution in [0, 0.1) is 23.2 Å². The van der Waals surface area contributed by atoms with E-state index >= 15 is 4.39 Å². The molecule has 4 aliphatic rings. The maximum atomic E-state index is 16.8. The molecule has 1 aromatic carbocycles. The molecule has 21 heteroatoms. The second-order valence-corrected chi connectivity index (χ2v) is 22.8. The molecule has 4 aliphatic heterocycles. The van der Waals surface area contributed by atoms with E-state index in [1.807, 2.05) is 27.7 Å². The van der Waals surface area contributed by atoms with Crippen molar-refractivity contribution in [2.45, 2.75) is 135 Å². The maximum absolute atomic E-state index is 16.8. The topological polar surface area (TPSA) is 172 Å². The van der Waals surface area contributed by atoms with Crippen LogP contribution in [0.3, 0.4) is 0 Å². The molecule has 0 aliphatic carbocycles. The van der Waals surface area contributed by atoms with Crippen LogP contribution in [0.5, 0.6) is 0 Å². The minimum atomic E-state index is -4.62. The summed E-state index contributed by atoms with van der Waals surface area (Å²) >= 11 is 1.25. The molecule has 5 atom stereocenters. The molecule has 0 unspecified atom stereocenters. The molecule has 404 valence electrons. The number of alkyl halides is 4. The van der Waals surface area contributed by atoms with E-state index in [4.69, 9.17) is 14.5 Å². The van der Waals surface area contributed by atoms with Crippen LogP contribution in [0.2, 0.25) is 0 Å². The van der Waals surface area contributed by atoms with Gasteiger partial charge < -0.3 is 29.2 Å². The smallest absolute Gasteiger partial charge is 0.406 e. The Kier molecular flexibility index (Phi) is 15.9. The number of carbonyl (C=O) groups excluding carboxylic acids is 5. The summed E-state index contributed by atoms with van der Waals surface area (Å²) in [6, 6.07) is 4.98. The Hall–Kier alpha value is -5.95. The molecule has 75 heavy (non-hydrogen) atoms. The van der Waals surface area contributed by atoms with Crippen molar-refractivity contribution in [2.75, 3.05) is 53.5 Å². The first kappa shape index (κ1) is 55.3. The molecule has 8 rings (SSSR count). The van der Waals surface area contributed by atoms with Gasteiger partial charge in [0.25, 0.3) is 17.7 Å². The highest BCUT2D eigenvalue weighted by Crippen LogP contribution is 2.43. The number of aromatic nitrogens is 3. The van der Waals surface area contributed by atoms with Crippen LogP contribution in [-0.2, 0) is 52.8 Å². The summed E-state index contributed by atoms with van der Waals surface area (Å²) in [6.07, 6.45) is -2.14. The number of cyclic esters (lactones) is 1. The van der Waals surface area contributed by atoms with Gasteiger partial charge in [0, 0.05) is 92.2 Å². The third kappa shape index (κ3) is 11.9. The Labute approximate surface area is 438 Å². The van der Waals surface area contributed by atoms with Crippen molar-refractivity contribution in [3.8, 4) is 33.7 Å². The lowest BCUT2D eigenvalue weighted by molar-refractivity contribution is -0.155. The third-order valence-corrected chi connectivity index (χ3v) is 15.8. The number of fused-ring (bicyclic) bond motifs is 6. The first-order chi connectivity index (χ1) is 35.3. The number of hydrazine groups is 1. The molecular formula is C54H67F4N9O7S. The van der Waals surface area contributed by atoms with Crippen molar-refractivity contribution in [2.24, 2.45) is 11.3 Å². The molecule has 3 aromatic heterocycles. The molecule has 2 N–H and O–H groups in total. The van der Waals surface area contributed by atoms with Crippen molar-refractivity contribution < 1.29 is 51.0 Å². The molecular weight excluding hydrogens is 995 g/mol. The summed E-state index contributed by atoms with van der Waals surface area (Å²) in [6.45, 7) is 12.6. The van der Waals surface area contributed by atoms with E-state index in [0.717, 1.165) is 24.4 Å². The van der Waals surface area contributed by atoms with Gasteiger partial charge in [-0.3, -0.25) is 38.9 Å². The van der Waals surface area contributed by atoms with E-state index in [2.05, 4.69) is 32.5 Å². The highest BCUT2D eigenvalue weighted by atomic mass is 32.1. The Bertz CT molecular complexity index is 2900. The second kappa shape index (κ2) is 21.6. The largest absolute Gasteiger partial charge is 0.464 e. The number of methoxy groups -OCH3 is 1. The lowest BCUT2D eigenvalue weighted by Gasteiger charge is -2.41. The van der Waals surface area contributed by atoms with Crippen LogP contribution in [0.1, 0.15) is 97.2 Å². The number of carbonyl (C=O) groups is 5. The average Bonchev–Trinajstić information content (AvgIpc) is 4.07. The number of likely N-dealkylation sites (tertiary alicyclic amines) is 2. The molecule has 16 nitrogen and oxygen atoms in total. The van der Waals surface area contributed by atoms with Crippen molar-refractivity contribution in [3.63, 3.8) is 0 Å².